The summed E-state index contributed by atoms with van der Waals surface area (Å²) < 4.78 is 28.5. The maximum atomic E-state index is 12.8. The van der Waals surface area contributed by atoms with Gasteiger partial charge in [0.05, 0.1) is 28.4 Å². The Labute approximate surface area is 205 Å². The van der Waals surface area contributed by atoms with Crippen LogP contribution in [0.2, 0.25) is 0 Å². The van der Waals surface area contributed by atoms with Crippen molar-refractivity contribution in [2.45, 2.75) is 26.7 Å². The lowest BCUT2D eigenvalue weighted by Gasteiger charge is -2.14. The van der Waals surface area contributed by atoms with Gasteiger partial charge in [-0.25, -0.2) is 0 Å². The average Bonchev–Trinajstić information content (AvgIpc) is 3.18. The van der Waals surface area contributed by atoms with E-state index >= 15 is 0 Å². The number of hydrogen-bond donors (Lipinski definition) is 0. The van der Waals surface area contributed by atoms with Gasteiger partial charge in [-0.05, 0) is 68.3 Å². The van der Waals surface area contributed by atoms with Crippen LogP contribution in [0.1, 0.15) is 33.7 Å². The van der Waals surface area contributed by atoms with Crippen molar-refractivity contribution < 1.29 is 33.3 Å². The van der Waals surface area contributed by atoms with Gasteiger partial charge in [0.25, 0.3) is 0 Å². The molecule has 0 unspecified atom stereocenters. The molecule has 3 rings (SSSR count). The number of nitrogens with zero attached hydrogens (tertiary/aromatic N) is 1. The topological polar surface area (TPSA) is 85.2 Å². The first-order valence-corrected chi connectivity index (χ1v) is 11.1. The van der Waals surface area contributed by atoms with Crippen molar-refractivity contribution >= 4 is 11.8 Å². The smallest absolute Gasteiger partial charge is 0.306 e. The highest BCUT2D eigenvalue weighted by Crippen LogP contribution is 2.38. The molecule has 0 aliphatic carbocycles. The molecule has 0 N–H and O–H groups in total. The summed E-state index contributed by atoms with van der Waals surface area (Å²) in [6.07, 6.45) is 0.506. The first-order valence-electron chi connectivity index (χ1n) is 11.1. The molecule has 8 heteroatoms. The van der Waals surface area contributed by atoms with Crippen LogP contribution in [0.4, 0.5) is 0 Å². The fourth-order valence-electron chi connectivity index (χ4n) is 4.00. The van der Waals surface area contributed by atoms with E-state index in [-0.39, 0.29) is 18.8 Å². The third-order valence-corrected chi connectivity index (χ3v) is 5.77. The third-order valence-electron chi connectivity index (χ3n) is 5.77. The molecule has 0 aliphatic heterocycles. The number of aromatic nitrogens is 1. The Morgan fingerprint density at radius 2 is 1.46 bits per heavy atom. The van der Waals surface area contributed by atoms with E-state index in [1.807, 2.05) is 48.7 Å². The van der Waals surface area contributed by atoms with Crippen molar-refractivity contribution in [1.29, 1.82) is 0 Å². The zero-order valence-corrected chi connectivity index (χ0v) is 21.0. The number of carbonyl (C=O) groups is 2. The highest BCUT2D eigenvalue weighted by atomic mass is 16.5. The molecule has 0 saturated carbocycles. The first-order chi connectivity index (χ1) is 16.8. The van der Waals surface area contributed by atoms with Crippen LogP contribution in [0.25, 0.3) is 5.69 Å². The van der Waals surface area contributed by atoms with E-state index in [0.717, 1.165) is 28.4 Å². The fourth-order valence-corrected chi connectivity index (χ4v) is 4.00. The number of aryl methyl sites for hydroxylation is 2. The summed E-state index contributed by atoms with van der Waals surface area (Å²) in [5, 5.41) is 0. The van der Waals surface area contributed by atoms with Crippen LogP contribution in [0, 0.1) is 13.8 Å². The first kappa shape index (κ1) is 25.7. The van der Waals surface area contributed by atoms with Gasteiger partial charge in [0.2, 0.25) is 11.5 Å². The second-order valence-electron chi connectivity index (χ2n) is 7.94. The molecule has 0 aliphatic rings. The van der Waals surface area contributed by atoms with Gasteiger partial charge in [0.15, 0.2) is 18.1 Å². The van der Waals surface area contributed by atoms with Crippen molar-refractivity contribution in [3.63, 3.8) is 0 Å². The van der Waals surface area contributed by atoms with Crippen LogP contribution in [0.15, 0.2) is 42.5 Å². The molecule has 8 nitrogen and oxygen atoms in total. The van der Waals surface area contributed by atoms with E-state index in [2.05, 4.69) is 0 Å². The van der Waals surface area contributed by atoms with Crippen LogP contribution in [0.5, 0.6) is 23.0 Å². The molecule has 1 aromatic heterocycles. The predicted molar refractivity (Wildman–Crippen MR) is 132 cm³/mol. The molecule has 0 spiro atoms. The third kappa shape index (κ3) is 5.77. The number of Topliss-reactive ketones (excluding diaryl/α,β-unsaturated/α-hetero) is 1. The Balaban J connectivity index is 1.62. The van der Waals surface area contributed by atoms with E-state index < -0.39 is 5.97 Å². The Morgan fingerprint density at radius 1 is 0.829 bits per heavy atom. The zero-order chi connectivity index (χ0) is 25.5. The number of methoxy groups -OCH3 is 4. The predicted octanol–water partition coefficient (Wildman–Crippen LogP) is 4.49. The van der Waals surface area contributed by atoms with E-state index in [9.17, 15) is 9.59 Å². The van der Waals surface area contributed by atoms with Gasteiger partial charge < -0.3 is 28.3 Å². The lowest BCUT2D eigenvalue weighted by atomic mass is 10.1. The van der Waals surface area contributed by atoms with Gasteiger partial charge in [-0.15, -0.1) is 0 Å². The summed E-state index contributed by atoms with van der Waals surface area (Å²) in [4.78, 5) is 25.2. The number of ether oxygens (including phenoxy) is 5. The van der Waals surface area contributed by atoms with Crippen molar-refractivity contribution in [2.75, 3.05) is 35.0 Å². The van der Waals surface area contributed by atoms with E-state index in [4.69, 9.17) is 23.7 Å². The number of esters is 1. The molecule has 0 saturated heterocycles. The summed E-state index contributed by atoms with van der Waals surface area (Å²) in [5.41, 5.74) is 3.96. The molecule has 3 aromatic rings. The van der Waals surface area contributed by atoms with Gasteiger partial charge in [0, 0.05) is 29.1 Å². The molecule has 0 fully saturated rings. The van der Waals surface area contributed by atoms with Gasteiger partial charge in [-0.2, -0.15) is 0 Å². The molecule has 2 aromatic carbocycles. The SMILES string of the molecule is COc1ccc(-n2c(C)cc(C(=O)COC(=O)CCc3cc(OC)c(OC)c(OC)c3)c2C)cc1. The van der Waals surface area contributed by atoms with E-state index in [1.165, 1.54) is 21.3 Å². The molecule has 186 valence electrons. The minimum Gasteiger partial charge on any atom is -0.497 e. The van der Waals surface area contributed by atoms with Gasteiger partial charge in [0.1, 0.15) is 5.75 Å². The van der Waals surface area contributed by atoms with Crippen molar-refractivity contribution in [1.82, 2.24) is 4.57 Å². The highest BCUT2D eigenvalue weighted by molar-refractivity contribution is 5.99. The molecule has 1 heterocycles. The molecular formula is C27H31NO7. The number of ketones is 1. The lowest BCUT2D eigenvalue weighted by molar-refractivity contribution is -0.142. The minimum absolute atomic E-state index is 0.108. The number of benzene rings is 2. The molecule has 0 radical (unpaired) electrons. The van der Waals surface area contributed by atoms with Crippen molar-refractivity contribution in [2.24, 2.45) is 0 Å². The number of hydrogen-bond acceptors (Lipinski definition) is 7. The van der Waals surface area contributed by atoms with Gasteiger partial charge in [-0.3, -0.25) is 9.59 Å². The molecular weight excluding hydrogens is 450 g/mol. The Morgan fingerprint density at radius 3 is 2.00 bits per heavy atom. The quantitative estimate of drug-likeness (QED) is 0.295. The van der Waals surface area contributed by atoms with E-state index in [1.54, 1.807) is 19.2 Å². The summed E-state index contributed by atoms with van der Waals surface area (Å²) in [6.45, 7) is 3.48. The van der Waals surface area contributed by atoms with Crippen molar-refractivity contribution in [3.8, 4) is 28.7 Å². The summed E-state index contributed by atoms with van der Waals surface area (Å²) >= 11 is 0. The van der Waals surface area contributed by atoms with Gasteiger partial charge in [-0.1, -0.05) is 0 Å². The second-order valence-corrected chi connectivity index (χ2v) is 7.94. The van der Waals surface area contributed by atoms with Crippen LogP contribution in [-0.4, -0.2) is 51.4 Å². The summed E-state index contributed by atoms with van der Waals surface area (Å²) in [6, 6.07) is 13.0. The van der Waals surface area contributed by atoms with Crippen molar-refractivity contribution in [3.05, 3.63) is 65.0 Å². The van der Waals surface area contributed by atoms with Crippen LogP contribution < -0.4 is 18.9 Å². The minimum atomic E-state index is -0.462. The second kappa shape index (κ2) is 11.5. The van der Waals surface area contributed by atoms with Crippen LogP contribution in [0.3, 0.4) is 0 Å². The fraction of sp³-hybridized carbons (Fsp3) is 0.333. The lowest BCUT2D eigenvalue weighted by Crippen LogP contribution is -2.15. The Hall–Kier alpha value is -3.94. The van der Waals surface area contributed by atoms with Gasteiger partial charge >= 0.3 is 5.97 Å². The number of rotatable bonds is 11. The molecule has 0 bridgehead atoms. The largest absolute Gasteiger partial charge is 0.497 e. The molecule has 35 heavy (non-hydrogen) atoms. The summed E-state index contributed by atoms with van der Waals surface area (Å²) in [5.74, 6) is 1.55. The van der Waals surface area contributed by atoms with E-state index in [0.29, 0.717) is 29.2 Å². The monoisotopic (exact) mass is 481 g/mol. The normalized spacial score (nSPS) is 10.6. The molecule has 0 atom stereocenters. The molecule has 0 amide bonds. The number of carbonyl (C=O) groups excluding carboxylic acids is 2. The average molecular weight is 482 g/mol. The summed E-state index contributed by atoms with van der Waals surface area (Å²) in [7, 11) is 6.21. The maximum Gasteiger partial charge on any atom is 0.306 e. The van der Waals surface area contributed by atoms with Crippen LogP contribution >= 0.6 is 0 Å². The standard InChI is InChI=1S/C27H31NO7/c1-17-13-22(18(2)28(17)20-8-10-21(31-3)11-9-20)23(29)16-35-26(30)12-7-19-14-24(32-4)27(34-6)25(15-19)33-5/h8-11,13-15H,7,12,16H2,1-6H3. The zero-order valence-electron chi connectivity index (χ0n) is 21.0. The highest BCUT2D eigenvalue weighted by Gasteiger charge is 2.19. The van der Waals surface area contributed by atoms with Crippen LogP contribution in [-0.2, 0) is 16.0 Å². The Kier molecular flexibility index (Phi) is 8.41. The maximum absolute atomic E-state index is 12.8. The Bertz CT molecular complexity index is 1170.